The van der Waals surface area contributed by atoms with Crippen molar-refractivity contribution in [3.05, 3.63) is 35.4 Å². The summed E-state index contributed by atoms with van der Waals surface area (Å²) in [5, 5.41) is 3.24. The molecule has 0 amide bonds. The lowest BCUT2D eigenvalue weighted by molar-refractivity contribution is -0.137. The summed E-state index contributed by atoms with van der Waals surface area (Å²) < 4.78 is 37.5. The van der Waals surface area contributed by atoms with E-state index in [1.165, 1.54) is 12.1 Å². The molecule has 7 heteroatoms. The largest absolute Gasteiger partial charge is 0.416 e. The van der Waals surface area contributed by atoms with Gasteiger partial charge in [0.25, 0.3) is 0 Å². The summed E-state index contributed by atoms with van der Waals surface area (Å²) in [6.45, 7) is 3.91. The van der Waals surface area contributed by atoms with Crippen LogP contribution in [0.2, 0.25) is 0 Å². The zero-order chi connectivity index (χ0) is 13.9. The molecular weight excluding hydrogens is 291 g/mol. The smallest absolute Gasteiger partial charge is 0.329 e. The normalized spacial score (nSPS) is 18.4. The molecule has 0 aromatic heterocycles. The van der Waals surface area contributed by atoms with Gasteiger partial charge in [-0.25, -0.2) is 0 Å². The third kappa shape index (κ3) is 4.09. The molecule has 1 saturated heterocycles. The van der Waals surface area contributed by atoms with E-state index in [-0.39, 0.29) is 18.4 Å². The van der Waals surface area contributed by atoms with Crippen LogP contribution in [0.15, 0.2) is 24.3 Å². The van der Waals surface area contributed by atoms with Crippen LogP contribution in [0.1, 0.15) is 17.2 Å². The summed E-state index contributed by atoms with van der Waals surface area (Å²) >= 11 is 0. The van der Waals surface area contributed by atoms with Crippen LogP contribution >= 0.6 is 12.4 Å². The molecule has 0 radical (unpaired) electrons. The fourth-order valence-electron chi connectivity index (χ4n) is 2.38. The van der Waals surface area contributed by atoms with E-state index in [9.17, 15) is 13.2 Å². The molecule has 3 N–H and O–H groups in total. The van der Waals surface area contributed by atoms with Gasteiger partial charge in [-0.3, -0.25) is 4.90 Å². The van der Waals surface area contributed by atoms with Gasteiger partial charge in [0.05, 0.1) is 5.56 Å². The highest BCUT2D eigenvalue weighted by molar-refractivity contribution is 5.85. The molecular formula is C13H19ClF3N3. The van der Waals surface area contributed by atoms with Crippen LogP contribution in [0.3, 0.4) is 0 Å². The van der Waals surface area contributed by atoms with Gasteiger partial charge in [0, 0.05) is 38.8 Å². The number of nitrogens with one attached hydrogen (secondary N) is 1. The van der Waals surface area contributed by atoms with Crippen molar-refractivity contribution in [3.63, 3.8) is 0 Å². The van der Waals surface area contributed by atoms with Crippen molar-refractivity contribution in [1.29, 1.82) is 0 Å². The number of nitrogens with two attached hydrogens (primary N) is 1. The van der Waals surface area contributed by atoms with Crippen LogP contribution in [0, 0.1) is 0 Å². The summed E-state index contributed by atoms with van der Waals surface area (Å²) in [4.78, 5) is 2.21. The van der Waals surface area contributed by atoms with Crippen molar-refractivity contribution in [2.75, 3.05) is 32.7 Å². The maximum Gasteiger partial charge on any atom is 0.416 e. The van der Waals surface area contributed by atoms with Crippen molar-refractivity contribution in [2.24, 2.45) is 5.73 Å². The molecule has 114 valence electrons. The second-order valence-electron chi connectivity index (χ2n) is 4.66. The zero-order valence-corrected chi connectivity index (χ0v) is 11.8. The van der Waals surface area contributed by atoms with Crippen molar-refractivity contribution in [3.8, 4) is 0 Å². The van der Waals surface area contributed by atoms with Crippen LogP contribution in [0.25, 0.3) is 0 Å². The molecule has 0 bridgehead atoms. The van der Waals surface area contributed by atoms with Crippen LogP contribution in [-0.4, -0.2) is 37.6 Å². The molecule has 1 atom stereocenters. The number of rotatable bonds is 3. The molecule has 3 nitrogen and oxygen atoms in total. The summed E-state index contributed by atoms with van der Waals surface area (Å²) in [5.41, 5.74) is 6.00. The zero-order valence-electron chi connectivity index (χ0n) is 11.0. The highest BCUT2D eigenvalue weighted by atomic mass is 35.5. The third-order valence-electron chi connectivity index (χ3n) is 3.44. The minimum Gasteiger partial charge on any atom is -0.329 e. The number of hydrogen-bond donors (Lipinski definition) is 2. The van der Waals surface area contributed by atoms with Gasteiger partial charge in [0.2, 0.25) is 0 Å². The Morgan fingerprint density at radius 2 is 1.70 bits per heavy atom. The van der Waals surface area contributed by atoms with Gasteiger partial charge >= 0.3 is 6.18 Å². The predicted octanol–water partition coefficient (Wildman–Crippen LogP) is 2.03. The fourth-order valence-corrected chi connectivity index (χ4v) is 2.38. The third-order valence-corrected chi connectivity index (χ3v) is 3.44. The predicted molar refractivity (Wildman–Crippen MR) is 74.9 cm³/mol. The van der Waals surface area contributed by atoms with E-state index in [4.69, 9.17) is 5.73 Å². The van der Waals surface area contributed by atoms with Crippen LogP contribution in [-0.2, 0) is 6.18 Å². The van der Waals surface area contributed by atoms with Crippen molar-refractivity contribution in [2.45, 2.75) is 12.2 Å². The SMILES string of the molecule is Cl.NCC(c1ccc(C(F)(F)F)cc1)N1CCNCC1. The molecule has 0 aliphatic carbocycles. The van der Waals surface area contributed by atoms with Gasteiger partial charge in [-0.05, 0) is 17.7 Å². The van der Waals surface area contributed by atoms with Gasteiger partial charge in [0.15, 0.2) is 0 Å². The van der Waals surface area contributed by atoms with E-state index in [0.29, 0.717) is 6.54 Å². The topological polar surface area (TPSA) is 41.3 Å². The quantitative estimate of drug-likeness (QED) is 0.898. The summed E-state index contributed by atoms with van der Waals surface area (Å²) in [6, 6.07) is 5.30. The molecule has 2 rings (SSSR count). The van der Waals surface area contributed by atoms with Crippen molar-refractivity contribution >= 4 is 12.4 Å². The minimum atomic E-state index is -4.29. The standard InChI is InChI=1S/C13H18F3N3.ClH/c14-13(15,16)11-3-1-10(2-4-11)12(9-17)19-7-5-18-6-8-19;/h1-4,12,18H,5-9,17H2;1H. The van der Waals surface area contributed by atoms with E-state index < -0.39 is 11.7 Å². The Bertz CT molecular complexity index is 402. The molecule has 20 heavy (non-hydrogen) atoms. The maximum absolute atomic E-state index is 12.5. The van der Waals surface area contributed by atoms with Crippen LogP contribution < -0.4 is 11.1 Å². The van der Waals surface area contributed by atoms with E-state index in [1.807, 2.05) is 0 Å². The number of piperazine rings is 1. The monoisotopic (exact) mass is 309 g/mol. The number of alkyl halides is 3. The maximum atomic E-state index is 12.5. The first-order valence-corrected chi connectivity index (χ1v) is 6.34. The number of benzene rings is 1. The molecule has 1 heterocycles. The average Bonchev–Trinajstić information content (AvgIpc) is 2.40. The van der Waals surface area contributed by atoms with Crippen molar-refractivity contribution in [1.82, 2.24) is 10.2 Å². The Kier molecular flexibility index (Phi) is 6.26. The van der Waals surface area contributed by atoms with Gasteiger partial charge in [-0.1, -0.05) is 12.1 Å². The molecule has 1 aliphatic rings. The summed E-state index contributed by atoms with van der Waals surface area (Å²) in [6.07, 6.45) is -4.29. The Hall–Kier alpha value is -0.820. The van der Waals surface area contributed by atoms with Gasteiger partial charge in [-0.15, -0.1) is 12.4 Å². The lowest BCUT2D eigenvalue weighted by Gasteiger charge is -2.34. The number of halogens is 4. The molecule has 0 saturated carbocycles. The van der Waals surface area contributed by atoms with E-state index in [1.54, 1.807) is 0 Å². The fraction of sp³-hybridized carbons (Fsp3) is 0.538. The van der Waals surface area contributed by atoms with E-state index in [0.717, 1.165) is 43.9 Å². The molecule has 1 unspecified atom stereocenters. The van der Waals surface area contributed by atoms with Gasteiger partial charge < -0.3 is 11.1 Å². The average molecular weight is 310 g/mol. The Morgan fingerprint density at radius 3 is 2.15 bits per heavy atom. The Balaban J connectivity index is 0.00000200. The number of nitrogens with zero attached hydrogens (tertiary/aromatic N) is 1. The lowest BCUT2D eigenvalue weighted by atomic mass is 10.0. The first-order valence-electron chi connectivity index (χ1n) is 6.34. The molecule has 0 spiro atoms. The highest BCUT2D eigenvalue weighted by Gasteiger charge is 2.30. The molecule has 1 fully saturated rings. The Morgan fingerprint density at radius 1 is 1.15 bits per heavy atom. The lowest BCUT2D eigenvalue weighted by Crippen LogP contribution is -2.46. The van der Waals surface area contributed by atoms with Gasteiger partial charge in [0.1, 0.15) is 0 Å². The van der Waals surface area contributed by atoms with E-state index in [2.05, 4.69) is 10.2 Å². The second kappa shape index (κ2) is 7.26. The Labute approximate surface area is 122 Å². The first-order chi connectivity index (χ1) is 9.02. The molecule has 1 aliphatic heterocycles. The molecule has 1 aromatic carbocycles. The van der Waals surface area contributed by atoms with Crippen LogP contribution in [0.4, 0.5) is 13.2 Å². The summed E-state index contributed by atoms with van der Waals surface area (Å²) in [7, 11) is 0. The minimum absolute atomic E-state index is 0. The van der Waals surface area contributed by atoms with Gasteiger partial charge in [-0.2, -0.15) is 13.2 Å². The first kappa shape index (κ1) is 17.2. The summed E-state index contributed by atoms with van der Waals surface area (Å²) in [5.74, 6) is 0. The van der Waals surface area contributed by atoms with Crippen molar-refractivity contribution < 1.29 is 13.2 Å². The highest BCUT2D eigenvalue weighted by Crippen LogP contribution is 2.30. The number of hydrogen-bond acceptors (Lipinski definition) is 3. The second-order valence-corrected chi connectivity index (χ2v) is 4.66. The van der Waals surface area contributed by atoms with E-state index >= 15 is 0 Å². The van der Waals surface area contributed by atoms with Crippen LogP contribution in [0.5, 0.6) is 0 Å². The molecule has 1 aromatic rings.